The van der Waals surface area contributed by atoms with Crippen LogP contribution in [0.4, 0.5) is 13.2 Å². The molecule has 0 aliphatic carbocycles. The third-order valence-electron chi connectivity index (χ3n) is 4.72. The van der Waals surface area contributed by atoms with Gasteiger partial charge < -0.3 is 13.9 Å². The highest BCUT2D eigenvalue weighted by Gasteiger charge is 2.31. The SMILES string of the molecule is Cc1cc(C(=O)COC(=O)Cn2cc(C(F)(F)F)ccc2=O)c(C)n1-c1ccccc1. The summed E-state index contributed by atoms with van der Waals surface area (Å²) in [7, 11) is 0. The Balaban J connectivity index is 1.70. The van der Waals surface area contributed by atoms with Gasteiger partial charge in [0, 0.05) is 34.9 Å². The van der Waals surface area contributed by atoms with Crippen molar-refractivity contribution in [2.75, 3.05) is 6.61 Å². The van der Waals surface area contributed by atoms with E-state index in [0.717, 1.165) is 17.4 Å². The molecule has 2 aromatic heterocycles. The van der Waals surface area contributed by atoms with Crippen LogP contribution in [0.15, 0.2) is 59.5 Å². The zero-order valence-electron chi connectivity index (χ0n) is 16.8. The number of hydrogen-bond acceptors (Lipinski definition) is 4. The van der Waals surface area contributed by atoms with Crippen LogP contribution in [0.2, 0.25) is 0 Å². The molecule has 0 bridgehead atoms. The van der Waals surface area contributed by atoms with Gasteiger partial charge in [0.05, 0.1) is 5.56 Å². The van der Waals surface area contributed by atoms with Crippen molar-refractivity contribution >= 4 is 11.8 Å². The van der Waals surface area contributed by atoms with Crippen LogP contribution >= 0.6 is 0 Å². The third-order valence-corrected chi connectivity index (χ3v) is 4.72. The van der Waals surface area contributed by atoms with E-state index in [1.54, 1.807) is 13.0 Å². The van der Waals surface area contributed by atoms with Gasteiger partial charge in [-0.1, -0.05) is 18.2 Å². The Morgan fingerprint density at radius 3 is 2.35 bits per heavy atom. The zero-order chi connectivity index (χ0) is 22.8. The third kappa shape index (κ3) is 4.93. The Morgan fingerprint density at radius 1 is 1.03 bits per heavy atom. The molecule has 1 aromatic carbocycles. The number of halogens is 3. The highest BCUT2D eigenvalue weighted by Crippen LogP contribution is 2.28. The van der Waals surface area contributed by atoms with E-state index in [4.69, 9.17) is 4.74 Å². The number of ketones is 1. The molecule has 0 amide bonds. The number of ether oxygens (including phenoxy) is 1. The van der Waals surface area contributed by atoms with Crippen LogP contribution in [-0.4, -0.2) is 27.5 Å². The maximum Gasteiger partial charge on any atom is 0.417 e. The first-order valence-corrected chi connectivity index (χ1v) is 9.29. The average Bonchev–Trinajstić information content (AvgIpc) is 3.01. The summed E-state index contributed by atoms with van der Waals surface area (Å²) in [5.41, 5.74) is 0.864. The molecule has 0 atom stereocenters. The first-order chi connectivity index (χ1) is 14.6. The number of Topliss-reactive ketones (excluding diaryl/α,β-unsaturated/α-hetero) is 1. The van der Waals surface area contributed by atoms with Crippen molar-refractivity contribution in [3.05, 3.63) is 87.6 Å². The fraction of sp³-hybridized carbons (Fsp3) is 0.227. The lowest BCUT2D eigenvalue weighted by molar-refractivity contribution is -0.144. The van der Waals surface area contributed by atoms with Gasteiger partial charge in [0.15, 0.2) is 6.61 Å². The standard InChI is InChI=1S/C22H19F3N2O4/c1-14-10-18(15(2)27(14)17-6-4-3-5-7-17)19(28)13-31-21(30)12-26-11-16(22(23,24)25)8-9-20(26)29/h3-11H,12-13H2,1-2H3. The predicted molar refractivity (Wildman–Crippen MR) is 106 cm³/mol. The van der Waals surface area contributed by atoms with Gasteiger partial charge in [-0.15, -0.1) is 0 Å². The van der Waals surface area contributed by atoms with Crippen LogP contribution in [0.1, 0.15) is 27.3 Å². The van der Waals surface area contributed by atoms with Crippen molar-refractivity contribution in [1.82, 2.24) is 9.13 Å². The number of aromatic nitrogens is 2. The summed E-state index contributed by atoms with van der Waals surface area (Å²) in [5, 5.41) is 0. The van der Waals surface area contributed by atoms with Crippen LogP contribution in [0, 0.1) is 13.8 Å². The van der Waals surface area contributed by atoms with E-state index in [-0.39, 0.29) is 0 Å². The Labute approximate surface area is 175 Å². The molecule has 31 heavy (non-hydrogen) atoms. The van der Waals surface area contributed by atoms with E-state index in [1.165, 1.54) is 0 Å². The van der Waals surface area contributed by atoms with Gasteiger partial charge in [-0.2, -0.15) is 13.2 Å². The Kier molecular flexibility index (Phi) is 6.14. The van der Waals surface area contributed by atoms with Gasteiger partial charge in [-0.05, 0) is 38.1 Å². The largest absolute Gasteiger partial charge is 0.456 e. The highest BCUT2D eigenvalue weighted by atomic mass is 19.4. The Hall–Kier alpha value is -3.62. The molecule has 0 aliphatic heterocycles. The van der Waals surface area contributed by atoms with E-state index in [0.29, 0.717) is 28.1 Å². The lowest BCUT2D eigenvalue weighted by Crippen LogP contribution is -2.27. The van der Waals surface area contributed by atoms with Gasteiger partial charge in [-0.25, -0.2) is 0 Å². The summed E-state index contributed by atoms with van der Waals surface area (Å²) < 4.78 is 45.8. The monoisotopic (exact) mass is 432 g/mol. The van der Waals surface area contributed by atoms with Crippen molar-refractivity contribution in [3.8, 4) is 5.69 Å². The molecule has 0 radical (unpaired) electrons. The molecule has 0 fully saturated rings. The van der Waals surface area contributed by atoms with E-state index in [2.05, 4.69) is 0 Å². The molecule has 9 heteroatoms. The maximum atomic E-state index is 12.8. The number of hydrogen-bond donors (Lipinski definition) is 0. The molecule has 2 heterocycles. The van der Waals surface area contributed by atoms with E-state index >= 15 is 0 Å². The first kappa shape index (κ1) is 22.1. The number of rotatable bonds is 6. The fourth-order valence-corrected chi connectivity index (χ4v) is 3.25. The molecule has 0 saturated heterocycles. The summed E-state index contributed by atoms with van der Waals surface area (Å²) in [6, 6.07) is 12.4. The zero-order valence-corrected chi connectivity index (χ0v) is 16.8. The average molecular weight is 432 g/mol. The van der Waals surface area contributed by atoms with Crippen LogP contribution in [0.5, 0.6) is 0 Å². The minimum atomic E-state index is -4.66. The second-order valence-corrected chi connectivity index (χ2v) is 6.92. The summed E-state index contributed by atoms with van der Waals surface area (Å²) in [6.07, 6.45) is -4.12. The Bertz CT molecular complexity index is 1180. The molecule has 3 rings (SSSR count). The molecule has 3 aromatic rings. The number of nitrogens with zero attached hydrogens (tertiary/aromatic N) is 2. The molecule has 6 nitrogen and oxygen atoms in total. The highest BCUT2D eigenvalue weighted by molar-refractivity contribution is 5.99. The van der Waals surface area contributed by atoms with Crippen LogP contribution in [0.25, 0.3) is 5.69 Å². The first-order valence-electron chi connectivity index (χ1n) is 9.29. The van der Waals surface area contributed by atoms with Crippen molar-refractivity contribution < 1.29 is 27.5 Å². The van der Waals surface area contributed by atoms with Crippen molar-refractivity contribution in [2.45, 2.75) is 26.6 Å². The summed E-state index contributed by atoms with van der Waals surface area (Å²) in [5.74, 6) is -1.45. The van der Waals surface area contributed by atoms with Crippen molar-refractivity contribution in [1.29, 1.82) is 0 Å². The second-order valence-electron chi connectivity index (χ2n) is 6.92. The number of para-hydroxylation sites is 1. The topological polar surface area (TPSA) is 70.3 Å². The molecule has 0 spiro atoms. The number of pyridine rings is 1. The van der Waals surface area contributed by atoms with E-state index in [1.807, 2.05) is 41.8 Å². The molecule has 0 aliphatic rings. The Morgan fingerprint density at radius 2 is 1.71 bits per heavy atom. The van der Waals surface area contributed by atoms with E-state index in [9.17, 15) is 27.6 Å². The quantitative estimate of drug-likeness (QED) is 0.440. The van der Waals surface area contributed by atoms with Crippen molar-refractivity contribution in [2.24, 2.45) is 0 Å². The number of alkyl halides is 3. The predicted octanol–water partition coefficient (Wildman–Crippen LogP) is 3.70. The van der Waals surface area contributed by atoms with Crippen LogP contribution in [-0.2, 0) is 22.3 Å². The molecule has 0 N–H and O–H groups in total. The number of esters is 1. The maximum absolute atomic E-state index is 12.8. The molecular formula is C22H19F3N2O4. The van der Waals surface area contributed by atoms with E-state index < -0.39 is 42.2 Å². The van der Waals surface area contributed by atoms with Crippen LogP contribution in [0.3, 0.4) is 0 Å². The normalized spacial score (nSPS) is 11.4. The minimum Gasteiger partial charge on any atom is -0.456 e. The molecule has 162 valence electrons. The van der Waals surface area contributed by atoms with Gasteiger partial charge in [0.1, 0.15) is 6.54 Å². The molecule has 0 saturated carbocycles. The number of carbonyl (C=O) groups is 2. The van der Waals surface area contributed by atoms with Gasteiger partial charge in [0.2, 0.25) is 5.78 Å². The lowest BCUT2D eigenvalue weighted by Gasteiger charge is -2.11. The van der Waals surface area contributed by atoms with Gasteiger partial charge in [0.25, 0.3) is 5.56 Å². The second kappa shape index (κ2) is 8.63. The summed E-state index contributed by atoms with van der Waals surface area (Å²) in [6.45, 7) is 2.27. The lowest BCUT2D eigenvalue weighted by atomic mass is 10.1. The summed E-state index contributed by atoms with van der Waals surface area (Å²) >= 11 is 0. The molecule has 0 unspecified atom stereocenters. The number of benzene rings is 1. The smallest absolute Gasteiger partial charge is 0.417 e. The van der Waals surface area contributed by atoms with Crippen molar-refractivity contribution in [3.63, 3.8) is 0 Å². The number of carbonyl (C=O) groups excluding carboxylic acids is 2. The summed E-state index contributed by atoms with van der Waals surface area (Å²) in [4.78, 5) is 36.3. The fourth-order valence-electron chi connectivity index (χ4n) is 3.25. The molecular weight excluding hydrogens is 413 g/mol. The van der Waals surface area contributed by atoms with Gasteiger partial charge >= 0.3 is 12.1 Å². The minimum absolute atomic E-state index is 0.366. The van der Waals surface area contributed by atoms with Crippen LogP contribution < -0.4 is 5.56 Å². The van der Waals surface area contributed by atoms with Gasteiger partial charge in [-0.3, -0.25) is 14.4 Å². The number of aryl methyl sites for hydroxylation is 1.